The molecule has 0 unspecified atom stereocenters. The molecule has 0 radical (unpaired) electrons. The maximum absolute atomic E-state index is 11.8. The van der Waals surface area contributed by atoms with Gasteiger partial charge in [0.25, 0.3) is 0 Å². The summed E-state index contributed by atoms with van der Waals surface area (Å²) in [5.74, 6) is 0. The third kappa shape index (κ3) is 4.72. The van der Waals surface area contributed by atoms with Gasteiger partial charge in [0.2, 0.25) is 0 Å². The predicted molar refractivity (Wildman–Crippen MR) is 87.1 cm³/mol. The molecule has 0 atom stereocenters. The minimum atomic E-state index is -0.279. The van der Waals surface area contributed by atoms with Crippen LogP contribution in [0.15, 0.2) is 36.5 Å². The van der Waals surface area contributed by atoms with E-state index in [0.717, 1.165) is 23.1 Å². The number of aliphatic hydroxyl groups excluding tert-OH is 1. The van der Waals surface area contributed by atoms with E-state index in [2.05, 4.69) is 15.6 Å². The zero-order chi connectivity index (χ0) is 15.9. The summed E-state index contributed by atoms with van der Waals surface area (Å²) < 4.78 is 0. The molecule has 0 aliphatic rings. The molecule has 0 fully saturated rings. The van der Waals surface area contributed by atoms with Gasteiger partial charge in [0, 0.05) is 6.54 Å². The molecule has 5 nitrogen and oxygen atoms in total. The fourth-order valence-corrected chi connectivity index (χ4v) is 2.16. The number of pyridine rings is 1. The Bertz CT molecular complexity index is 644. The molecule has 1 aromatic carbocycles. The third-order valence-corrected chi connectivity index (χ3v) is 3.44. The molecule has 1 heterocycles. The first-order chi connectivity index (χ1) is 10.6. The van der Waals surface area contributed by atoms with Gasteiger partial charge < -0.3 is 15.7 Å². The van der Waals surface area contributed by atoms with E-state index in [1.165, 1.54) is 6.20 Å². The summed E-state index contributed by atoms with van der Waals surface area (Å²) in [6.45, 7) is 2.41. The Balaban J connectivity index is 1.79. The summed E-state index contributed by atoms with van der Waals surface area (Å²) in [5.41, 5.74) is 3.46. The first-order valence-electron chi connectivity index (χ1n) is 6.94. The van der Waals surface area contributed by atoms with Gasteiger partial charge in [0.1, 0.15) is 5.15 Å². The second-order valence-electron chi connectivity index (χ2n) is 4.93. The van der Waals surface area contributed by atoms with Crippen LogP contribution in [0.2, 0.25) is 5.15 Å². The molecular formula is C16H18ClN3O2. The van der Waals surface area contributed by atoms with E-state index in [0.29, 0.717) is 17.4 Å². The minimum absolute atomic E-state index is 0.0371. The van der Waals surface area contributed by atoms with Crippen molar-refractivity contribution in [3.63, 3.8) is 0 Å². The molecule has 0 saturated carbocycles. The summed E-state index contributed by atoms with van der Waals surface area (Å²) >= 11 is 5.77. The van der Waals surface area contributed by atoms with E-state index in [4.69, 9.17) is 16.7 Å². The number of aromatic nitrogens is 1. The largest absolute Gasteiger partial charge is 0.392 e. The fourth-order valence-electron chi connectivity index (χ4n) is 1.95. The van der Waals surface area contributed by atoms with Crippen LogP contribution in [0.25, 0.3) is 0 Å². The van der Waals surface area contributed by atoms with Gasteiger partial charge in [0.05, 0.1) is 18.5 Å². The van der Waals surface area contributed by atoms with Gasteiger partial charge in [0.15, 0.2) is 0 Å². The maximum Gasteiger partial charge on any atom is 0.319 e. The lowest BCUT2D eigenvalue weighted by Crippen LogP contribution is -2.30. The van der Waals surface area contributed by atoms with Gasteiger partial charge in [-0.1, -0.05) is 35.9 Å². The van der Waals surface area contributed by atoms with Crippen LogP contribution in [0.1, 0.15) is 16.7 Å². The summed E-state index contributed by atoms with van der Waals surface area (Å²) in [7, 11) is 0. The first kappa shape index (κ1) is 16.3. The predicted octanol–water partition coefficient (Wildman–Crippen LogP) is 2.90. The molecule has 3 N–H and O–H groups in total. The standard InChI is InChI=1S/C16H18ClN3O2/c1-11-8-15(17)19-9-14(11)20-16(22)18-7-6-12-2-4-13(10-21)5-3-12/h2-5,8-9,21H,6-7,10H2,1H3,(H2,18,20,22). The molecule has 0 aliphatic carbocycles. The van der Waals surface area contributed by atoms with E-state index >= 15 is 0 Å². The molecular weight excluding hydrogens is 302 g/mol. The summed E-state index contributed by atoms with van der Waals surface area (Å²) in [5, 5.41) is 14.9. The van der Waals surface area contributed by atoms with E-state index in [9.17, 15) is 4.79 Å². The number of halogens is 1. The van der Waals surface area contributed by atoms with Crippen LogP contribution in [0.3, 0.4) is 0 Å². The number of benzene rings is 1. The van der Waals surface area contributed by atoms with Crippen molar-refractivity contribution < 1.29 is 9.90 Å². The van der Waals surface area contributed by atoms with Crippen molar-refractivity contribution in [2.75, 3.05) is 11.9 Å². The van der Waals surface area contributed by atoms with E-state index in [-0.39, 0.29) is 12.6 Å². The zero-order valence-electron chi connectivity index (χ0n) is 12.3. The molecule has 1 aromatic heterocycles. The van der Waals surface area contributed by atoms with Crippen LogP contribution in [-0.2, 0) is 13.0 Å². The van der Waals surface area contributed by atoms with Gasteiger partial charge >= 0.3 is 6.03 Å². The number of anilines is 1. The van der Waals surface area contributed by atoms with Crippen LogP contribution in [0, 0.1) is 6.92 Å². The third-order valence-electron chi connectivity index (χ3n) is 3.23. The van der Waals surface area contributed by atoms with E-state index < -0.39 is 0 Å². The molecule has 2 rings (SSSR count). The number of carbonyl (C=O) groups excluding carboxylic acids is 1. The van der Waals surface area contributed by atoms with Gasteiger partial charge in [-0.3, -0.25) is 0 Å². The Labute approximate surface area is 134 Å². The summed E-state index contributed by atoms with van der Waals surface area (Å²) in [6, 6.07) is 9.05. The van der Waals surface area contributed by atoms with Crippen molar-refractivity contribution in [3.05, 3.63) is 58.4 Å². The quantitative estimate of drug-likeness (QED) is 0.742. The Morgan fingerprint density at radius 2 is 1.95 bits per heavy atom. The van der Waals surface area contributed by atoms with Crippen molar-refractivity contribution in [1.29, 1.82) is 0 Å². The highest BCUT2D eigenvalue weighted by molar-refractivity contribution is 6.29. The molecule has 0 bridgehead atoms. The lowest BCUT2D eigenvalue weighted by atomic mass is 10.1. The number of aliphatic hydroxyl groups is 1. The van der Waals surface area contributed by atoms with Crippen molar-refractivity contribution in [2.24, 2.45) is 0 Å². The SMILES string of the molecule is Cc1cc(Cl)ncc1NC(=O)NCCc1ccc(CO)cc1. The van der Waals surface area contributed by atoms with Crippen LogP contribution in [0.4, 0.5) is 10.5 Å². The monoisotopic (exact) mass is 319 g/mol. The molecule has 22 heavy (non-hydrogen) atoms. The zero-order valence-corrected chi connectivity index (χ0v) is 13.0. The fraction of sp³-hybridized carbons (Fsp3) is 0.250. The molecule has 6 heteroatoms. The van der Waals surface area contributed by atoms with Crippen LogP contribution in [0.5, 0.6) is 0 Å². The van der Waals surface area contributed by atoms with Crippen molar-refractivity contribution in [3.8, 4) is 0 Å². The Morgan fingerprint density at radius 3 is 2.59 bits per heavy atom. The number of amides is 2. The topological polar surface area (TPSA) is 74.2 Å². The van der Waals surface area contributed by atoms with Crippen LogP contribution in [-0.4, -0.2) is 22.7 Å². The first-order valence-corrected chi connectivity index (χ1v) is 7.32. The minimum Gasteiger partial charge on any atom is -0.392 e. The average Bonchev–Trinajstić information content (AvgIpc) is 2.51. The highest BCUT2D eigenvalue weighted by atomic mass is 35.5. The van der Waals surface area contributed by atoms with Crippen molar-refractivity contribution >= 4 is 23.3 Å². The van der Waals surface area contributed by atoms with Gasteiger partial charge in [-0.05, 0) is 36.1 Å². The molecule has 0 spiro atoms. The highest BCUT2D eigenvalue weighted by Crippen LogP contribution is 2.16. The normalized spacial score (nSPS) is 10.3. The lowest BCUT2D eigenvalue weighted by molar-refractivity contribution is 0.252. The summed E-state index contributed by atoms with van der Waals surface area (Å²) in [4.78, 5) is 15.8. The number of urea groups is 1. The number of aryl methyl sites for hydroxylation is 1. The van der Waals surface area contributed by atoms with Gasteiger partial charge in [-0.25, -0.2) is 9.78 Å². The van der Waals surface area contributed by atoms with Gasteiger partial charge in [-0.2, -0.15) is 0 Å². The number of nitrogens with zero attached hydrogens (tertiary/aromatic N) is 1. The number of nitrogens with one attached hydrogen (secondary N) is 2. The molecule has 2 aromatic rings. The van der Waals surface area contributed by atoms with Crippen LogP contribution >= 0.6 is 11.6 Å². The summed E-state index contributed by atoms with van der Waals surface area (Å²) in [6.07, 6.45) is 2.25. The van der Waals surface area contributed by atoms with Gasteiger partial charge in [-0.15, -0.1) is 0 Å². The highest BCUT2D eigenvalue weighted by Gasteiger charge is 2.05. The number of rotatable bonds is 5. The average molecular weight is 320 g/mol. The van der Waals surface area contributed by atoms with Crippen molar-refractivity contribution in [2.45, 2.75) is 20.0 Å². The van der Waals surface area contributed by atoms with E-state index in [1.54, 1.807) is 6.07 Å². The molecule has 116 valence electrons. The Hall–Kier alpha value is -2.11. The second-order valence-corrected chi connectivity index (χ2v) is 5.31. The maximum atomic E-state index is 11.8. The van der Waals surface area contributed by atoms with Crippen molar-refractivity contribution in [1.82, 2.24) is 10.3 Å². The Kier molecular flexibility index (Phi) is 5.75. The Morgan fingerprint density at radius 1 is 1.27 bits per heavy atom. The number of hydrogen-bond acceptors (Lipinski definition) is 3. The molecule has 0 aliphatic heterocycles. The number of carbonyl (C=O) groups is 1. The lowest BCUT2D eigenvalue weighted by Gasteiger charge is -2.10. The molecule has 0 saturated heterocycles. The van der Waals surface area contributed by atoms with E-state index in [1.807, 2.05) is 31.2 Å². The number of hydrogen-bond donors (Lipinski definition) is 3. The van der Waals surface area contributed by atoms with Crippen LogP contribution < -0.4 is 10.6 Å². The smallest absolute Gasteiger partial charge is 0.319 e. The second kappa shape index (κ2) is 7.77. The molecule has 2 amide bonds.